The van der Waals surface area contributed by atoms with E-state index in [0.29, 0.717) is 0 Å². The summed E-state index contributed by atoms with van der Waals surface area (Å²) >= 11 is 0. The van der Waals surface area contributed by atoms with Gasteiger partial charge in [-0.05, 0) is 31.5 Å². The third-order valence-electron chi connectivity index (χ3n) is 5.09. The molecule has 0 atom stereocenters. The number of benzene rings is 1. The number of nitrogens with zero attached hydrogens (tertiary/aromatic N) is 5. The quantitative estimate of drug-likeness (QED) is 0.846. The molecule has 1 fully saturated rings. The molecule has 4 rings (SSSR count). The second-order valence-electron chi connectivity index (χ2n) is 6.86. The van der Waals surface area contributed by atoms with Gasteiger partial charge < -0.3 is 14.7 Å². The van der Waals surface area contributed by atoms with Crippen molar-refractivity contribution in [2.24, 2.45) is 0 Å². The van der Waals surface area contributed by atoms with Crippen LogP contribution < -0.4 is 9.80 Å². The zero-order chi connectivity index (χ0) is 16.5. The van der Waals surface area contributed by atoms with Gasteiger partial charge in [0.2, 0.25) is 0 Å². The lowest BCUT2D eigenvalue weighted by Gasteiger charge is -2.34. The van der Waals surface area contributed by atoms with E-state index in [2.05, 4.69) is 52.1 Å². The molecule has 0 bridgehead atoms. The molecule has 2 aliphatic heterocycles. The topological polar surface area (TPSA) is 35.5 Å². The van der Waals surface area contributed by atoms with Gasteiger partial charge in [0.05, 0.1) is 0 Å². The van der Waals surface area contributed by atoms with Crippen LogP contribution in [0.4, 0.5) is 11.6 Å². The Hall–Kier alpha value is -2.14. The molecule has 0 amide bonds. The molecule has 0 saturated carbocycles. The van der Waals surface area contributed by atoms with Gasteiger partial charge in [0.15, 0.2) is 0 Å². The third kappa shape index (κ3) is 3.08. The van der Waals surface area contributed by atoms with E-state index in [0.717, 1.165) is 63.1 Å². The van der Waals surface area contributed by atoms with Crippen molar-refractivity contribution >= 4 is 11.6 Å². The van der Waals surface area contributed by atoms with Crippen LogP contribution in [0.2, 0.25) is 0 Å². The Morgan fingerprint density at radius 1 is 0.833 bits per heavy atom. The zero-order valence-corrected chi connectivity index (χ0v) is 14.6. The molecule has 3 heterocycles. The van der Waals surface area contributed by atoms with Crippen LogP contribution in [0.1, 0.15) is 17.0 Å². The maximum Gasteiger partial charge on any atom is 0.134 e. The Morgan fingerprint density at radius 3 is 2.25 bits per heavy atom. The van der Waals surface area contributed by atoms with Crippen LogP contribution in [0.5, 0.6) is 0 Å². The molecule has 126 valence electrons. The number of aryl methyl sites for hydroxylation is 1. The zero-order valence-electron chi connectivity index (χ0n) is 14.6. The number of anilines is 2. The first-order valence-electron chi connectivity index (χ1n) is 8.80. The van der Waals surface area contributed by atoms with Crippen LogP contribution >= 0.6 is 0 Å². The van der Waals surface area contributed by atoms with Crippen molar-refractivity contribution < 1.29 is 0 Å². The molecule has 5 nitrogen and oxygen atoms in total. The van der Waals surface area contributed by atoms with E-state index in [1.165, 1.54) is 11.1 Å². The molecule has 1 aromatic heterocycles. The highest BCUT2D eigenvalue weighted by Gasteiger charge is 2.21. The van der Waals surface area contributed by atoms with Crippen LogP contribution in [0.25, 0.3) is 0 Å². The van der Waals surface area contributed by atoms with Gasteiger partial charge in [-0.15, -0.1) is 0 Å². The molecule has 2 aromatic rings. The lowest BCUT2D eigenvalue weighted by Crippen LogP contribution is -2.45. The Morgan fingerprint density at radius 2 is 1.50 bits per heavy atom. The number of hydrogen-bond donors (Lipinski definition) is 0. The van der Waals surface area contributed by atoms with Crippen molar-refractivity contribution in [3.05, 3.63) is 47.3 Å². The molecule has 0 spiro atoms. The van der Waals surface area contributed by atoms with Crippen molar-refractivity contribution in [1.29, 1.82) is 0 Å². The minimum absolute atomic E-state index is 0.861. The van der Waals surface area contributed by atoms with Gasteiger partial charge >= 0.3 is 0 Å². The summed E-state index contributed by atoms with van der Waals surface area (Å²) in [6.45, 7) is 8.22. The lowest BCUT2D eigenvalue weighted by molar-refractivity contribution is 0.312. The van der Waals surface area contributed by atoms with Gasteiger partial charge in [0.25, 0.3) is 0 Å². The number of hydrogen-bond acceptors (Lipinski definition) is 5. The minimum Gasteiger partial charge on any atom is -0.354 e. The summed E-state index contributed by atoms with van der Waals surface area (Å²) in [6.07, 6.45) is 1.09. The fraction of sp³-hybridized carbons (Fsp3) is 0.474. The molecule has 2 aliphatic rings. The summed E-state index contributed by atoms with van der Waals surface area (Å²) < 4.78 is 0. The molecular weight excluding hydrogens is 298 g/mol. The highest BCUT2D eigenvalue weighted by molar-refractivity contribution is 5.53. The van der Waals surface area contributed by atoms with Crippen molar-refractivity contribution in [3.8, 4) is 0 Å². The fourth-order valence-electron chi connectivity index (χ4n) is 3.59. The summed E-state index contributed by atoms with van der Waals surface area (Å²) in [6, 6.07) is 10.9. The van der Waals surface area contributed by atoms with Gasteiger partial charge in [-0.1, -0.05) is 24.3 Å². The second kappa shape index (κ2) is 6.40. The largest absolute Gasteiger partial charge is 0.354 e. The molecular formula is C19H25N5. The standard InChI is InChI=1S/C19H25N5/c1-15-20-18(23-11-9-22(2)10-12-23)13-19(21-15)24-8-7-16-5-3-4-6-17(16)14-24/h3-6,13H,7-12,14H2,1-2H3. The molecule has 24 heavy (non-hydrogen) atoms. The predicted octanol–water partition coefficient (Wildman–Crippen LogP) is 2.10. The van der Waals surface area contributed by atoms with Crippen LogP contribution in [0.15, 0.2) is 30.3 Å². The van der Waals surface area contributed by atoms with Crippen molar-refractivity contribution in [2.75, 3.05) is 49.6 Å². The second-order valence-corrected chi connectivity index (χ2v) is 6.86. The van der Waals surface area contributed by atoms with E-state index in [1.807, 2.05) is 6.92 Å². The monoisotopic (exact) mass is 323 g/mol. The summed E-state index contributed by atoms with van der Waals surface area (Å²) in [7, 11) is 2.18. The number of rotatable bonds is 2. The maximum atomic E-state index is 4.72. The first kappa shape index (κ1) is 15.4. The number of aromatic nitrogens is 2. The van der Waals surface area contributed by atoms with E-state index < -0.39 is 0 Å². The first-order valence-corrected chi connectivity index (χ1v) is 8.80. The normalized spacial score (nSPS) is 18.6. The van der Waals surface area contributed by atoms with Crippen molar-refractivity contribution in [1.82, 2.24) is 14.9 Å². The SMILES string of the molecule is Cc1nc(N2CCN(C)CC2)cc(N2CCc3ccccc3C2)n1. The average Bonchev–Trinajstić information content (AvgIpc) is 2.61. The average molecular weight is 323 g/mol. The molecule has 0 radical (unpaired) electrons. The van der Waals surface area contributed by atoms with Crippen molar-refractivity contribution in [2.45, 2.75) is 19.9 Å². The minimum atomic E-state index is 0.861. The van der Waals surface area contributed by atoms with E-state index in [9.17, 15) is 0 Å². The Balaban J connectivity index is 1.58. The molecule has 0 unspecified atom stereocenters. The van der Waals surface area contributed by atoms with E-state index in [4.69, 9.17) is 9.97 Å². The van der Waals surface area contributed by atoms with E-state index in [1.54, 1.807) is 0 Å². The molecule has 0 aliphatic carbocycles. The Bertz CT molecular complexity index is 721. The summed E-state index contributed by atoms with van der Waals surface area (Å²) in [5, 5.41) is 0. The Kier molecular flexibility index (Phi) is 4.10. The number of piperazine rings is 1. The molecule has 1 aromatic carbocycles. The number of fused-ring (bicyclic) bond motifs is 1. The first-order chi connectivity index (χ1) is 11.7. The maximum absolute atomic E-state index is 4.72. The Labute approximate surface area is 143 Å². The number of likely N-dealkylation sites (N-methyl/N-ethyl adjacent to an activating group) is 1. The van der Waals surface area contributed by atoms with Gasteiger partial charge in [-0.2, -0.15) is 0 Å². The van der Waals surface area contributed by atoms with Crippen LogP contribution in [-0.4, -0.2) is 54.6 Å². The van der Waals surface area contributed by atoms with Crippen molar-refractivity contribution in [3.63, 3.8) is 0 Å². The van der Waals surface area contributed by atoms with E-state index >= 15 is 0 Å². The van der Waals surface area contributed by atoms with Gasteiger partial charge in [-0.3, -0.25) is 0 Å². The van der Waals surface area contributed by atoms with Gasteiger partial charge in [0, 0.05) is 45.3 Å². The van der Waals surface area contributed by atoms with Crippen LogP contribution in [0.3, 0.4) is 0 Å². The summed E-state index contributed by atoms with van der Waals surface area (Å²) in [5.41, 5.74) is 2.89. The molecule has 0 N–H and O–H groups in total. The third-order valence-corrected chi connectivity index (χ3v) is 5.09. The fourth-order valence-corrected chi connectivity index (χ4v) is 3.59. The lowest BCUT2D eigenvalue weighted by atomic mass is 10.00. The van der Waals surface area contributed by atoms with E-state index in [-0.39, 0.29) is 0 Å². The smallest absolute Gasteiger partial charge is 0.134 e. The van der Waals surface area contributed by atoms with Crippen LogP contribution in [0, 0.1) is 6.92 Å². The van der Waals surface area contributed by atoms with Gasteiger partial charge in [0.1, 0.15) is 17.5 Å². The predicted molar refractivity (Wildman–Crippen MR) is 97.7 cm³/mol. The summed E-state index contributed by atoms with van der Waals surface area (Å²) in [4.78, 5) is 16.5. The van der Waals surface area contributed by atoms with Gasteiger partial charge in [-0.25, -0.2) is 9.97 Å². The highest BCUT2D eigenvalue weighted by atomic mass is 15.3. The highest BCUT2D eigenvalue weighted by Crippen LogP contribution is 2.26. The molecule has 5 heteroatoms. The summed E-state index contributed by atoms with van der Waals surface area (Å²) in [5.74, 6) is 3.00. The van der Waals surface area contributed by atoms with Crippen LogP contribution in [-0.2, 0) is 13.0 Å². The molecule has 1 saturated heterocycles.